The number of halogens is 3. The molecular formula is C20H19F3N2O2. The van der Waals surface area contributed by atoms with Crippen molar-refractivity contribution in [3.63, 3.8) is 0 Å². The standard InChI is InChI=1S/C20H19F3N2O2/c1-13-7-3-5-9-15(13)11-18(26)25-19(27,20(21,22)23)12-17(24-25)16-10-6-4-8-14(16)2/h3-10,27H,11-12H2,1-2H3. The highest BCUT2D eigenvalue weighted by Crippen LogP contribution is 2.41. The average molecular weight is 376 g/mol. The molecule has 1 aliphatic rings. The number of aryl methyl sites for hydroxylation is 2. The smallest absolute Gasteiger partial charge is 0.362 e. The van der Waals surface area contributed by atoms with Gasteiger partial charge >= 0.3 is 6.18 Å². The normalized spacial score (nSPS) is 19.9. The molecule has 3 rings (SSSR count). The van der Waals surface area contributed by atoms with Crippen LogP contribution in [-0.4, -0.2) is 33.6 Å². The molecule has 0 spiro atoms. The van der Waals surface area contributed by atoms with Crippen LogP contribution in [0.5, 0.6) is 0 Å². The van der Waals surface area contributed by atoms with Crippen molar-refractivity contribution in [2.75, 3.05) is 0 Å². The molecule has 27 heavy (non-hydrogen) atoms. The monoisotopic (exact) mass is 376 g/mol. The number of hydrazone groups is 1. The number of carbonyl (C=O) groups excluding carboxylic acids is 1. The topological polar surface area (TPSA) is 52.9 Å². The maximum atomic E-state index is 13.6. The van der Waals surface area contributed by atoms with Crippen molar-refractivity contribution in [3.8, 4) is 0 Å². The molecule has 0 fully saturated rings. The van der Waals surface area contributed by atoms with Crippen LogP contribution in [0.15, 0.2) is 53.6 Å². The summed E-state index contributed by atoms with van der Waals surface area (Å²) in [6.45, 7) is 3.51. The lowest BCUT2D eigenvalue weighted by Gasteiger charge is -2.32. The van der Waals surface area contributed by atoms with Crippen molar-refractivity contribution in [2.45, 2.75) is 38.6 Å². The molecule has 1 amide bonds. The second-order valence-corrected chi connectivity index (χ2v) is 6.66. The van der Waals surface area contributed by atoms with Gasteiger partial charge in [0.15, 0.2) is 0 Å². The fourth-order valence-corrected chi connectivity index (χ4v) is 3.12. The molecule has 1 atom stereocenters. The third-order valence-corrected chi connectivity index (χ3v) is 4.73. The number of hydrogen-bond donors (Lipinski definition) is 1. The summed E-state index contributed by atoms with van der Waals surface area (Å²) in [5, 5.41) is 14.5. The van der Waals surface area contributed by atoms with Crippen LogP contribution >= 0.6 is 0 Å². The van der Waals surface area contributed by atoms with Gasteiger partial charge in [0, 0.05) is 5.56 Å². The summed E-state index contributed by atoms with van der Waals surface area (Å²) in [7, 11) is 0. The van der Waals surface area contributed by atoms with Gasteiger partial charge in [-0.3, -0.25) is 4.79 Å². The van der Waals surface area contributed by atoms with Crippen molar-refractivity contribution in [2.24, 2.45) is 5.10 Å². The van der Waals surface area contributed by atoms with E-state index in [9.17, 15) is 23.1 Å². The van der Waals surface area contributed by atoms with Crippen LogP contribution in [0.2, 0.25) is 0 Å². The van der Waals surface area contributed by atoms with Crippen molar-refractivity contribution >= 4 is 11.6 Å². The van der Waals surface area contributed by atoms with Gasteiger partial charge in [-0.2, -0.15) is 23.3 Å². The number of aliphatic hydroxyl groups is 1. The first-order valence-electron chi connectivity index (χ1n) is 8.43. The van der Waals surface area contributed by atoms with E-state index >= 15 is 0 Å². The summed E-state index contributed by atoms with van der Waals surface area (Å²) in [4.78, 5) is 12.6. The van der Waals surface area contributed by atoms with Crippen LogP contribution in [0, 0.1) is 13.8 Å². The van der Waals surface area contributed by atoms with Gasteiger partial charge < -0.3 is 5.11 Å². The lowest BCUT2D eigenvalue weighted by atomic mass is 9.97. The van der Waals surface area contributed by atoms with Gasteiger partial charge in [0.1, 0.15) is 0 Å². The Balaban J connectivity index is 1.99. The maximum absolute atomic E-state index is 13.6. The molecule has 1 N–H and O–H groups in total. The van der Waals surface area contributed by atoms with Gasteiger partial charge in [-0.15, -0.1) is 0 Å². The van der Waals surface area contributed by atoms with Gasteiger partial charge in [-0.1, -0.05) is 48.5 Å². The lowest BCUT2D eigenvalue weighted by molar-refractivity contribution is -0.302. The Morgan fingerprint density at radius 3 is 2.30 bits per heavy atom. The molecule has 7 heteroatoms. The molecule has 2 aromatic rings. The van der Waals surface area contributed by atoms with Gasteiger partial charge in [0.25, 0.3) is 5.72 Å². The summed E-state index contributed by atoms with van der Waals surface area (Å²) >= 11 is 0. The minimum atomic E-state index is -5.04. The molecule has 4 nitrogen and oxygen atoms in total. The highest BCUT2D eigenvalue weighted by molar-refractivity contribution is 6.04. The van der Waals surface area contributed by atoms with E-state index in [1.807, 2.05) is 0 Å². The predicted octanol–water partition coefficient (Wildman–Crippen LogP) is 3.73. The Labute approximate surface area is 154 Å². The lowest BCUT2D eigenvalue weighted by Crippen LogP contribution is -2.57. The fraction of sp³-hybridized carbons (Fsp3) is 0.300. The number of hydrogen-bond acceptors (Lipinski definition) is 3. The molecule has 142 valence electrons. The van der Waals surface area contributed by atoms with E-state index in [1.54, 1.807) is 62.4 Å². The number of alkyl halides is 3. The summed E-state index contributed by atoms with van der Waals surface area (Å²) in [5.41, 5.74) is -0.758. The van der Waals surface area contributed by atoms with Crippen molar-refractivity contribution in [1.29, 1.82) is 0 Å². The number of carbonyl (C=O) groups is 1. The maximum Gasteiger partial charge on any atom is 0.438 e. The molecule has 0 radical (unpaired) electrons. The zero-order chi connectivity index (χ0) is 19.8. The van der Waals surface area contributed by atoms with Crippen LogP contribution in [0.25, 0.3) is 0 Å². The molecule has 0 saturated heterocycles. The molecule has 1 heterocycles. The first-order chi connectivity index (χ1) is 12.6. The fourth-order valence-electron chi connectivity index (χ4n) is 3.12. The summed E-state index contributed by atoms with van der Waals surface area (Å²) in [5.74, 6) is -0.910. The van der Waals surface area contributed by atoms with Crippen molar-refractivity contribution in [1.82, 2.24) is 5.01 Å². The zero-order valence-corrected chi connectivity index (χ0v) is 14.9. The molecule has 0 aliphatic carbocycles. The van der Waals surface area contributed by atoms with Crippen LogP contribution < -0.4 is 0 Å². The van der Waals surface area contributed by atoms with E-state index in [0.717, 1.165) is 5.56 Å². The molecule has 0 aromatic heterocycles. The third-order valence-electron chi connectivity index (χ3n) is 4.73. The third kappa shape index (κ3) is 3.47. The molecule has 1 aliphatic heterocycles. The molecular weight excluding hydrogens is 357 g/mol. The first-order valence-corrected chi connectivity index (χ1v) is 8.43. The Hall–Kier alpha value is -2.67. The molecule has 1 unspecified atom stereocenters. The Morgan fingerprint density at radius 1 is 1.11 bits per heavy atom. The quantitative estimate of drug-likeness (QED) is 0.887. The van der Waals surface area contributed by atoms with E-state index in [2.05, 4.69) is 5.10 Å². The Morgan fingerprint density at radius 2 is 1.70 bits per heavy atom. The number of amides is 1. The highest BCUT2D eigenvalue weighted by atomic mass is 19.4. The van der Waals surface area contributed by atoms with Gasteiger partial charge in [-0.05, 0) is 30.5 Å². The van der Waals surface area contributed by atoms with Crippen LogP contribution in [0.4, 0.5) is 13.2 Å². The van der Waals surface area contributed by atoms with Gasteiger partial charge in [0.05, 0.1) is 18.6 Å². The SMILES string of the molecule is Cc1ccccc1CC(=O)N1N=C(c2ccccc2C)CC1(O)C(F)(F)F. The van der Waals surface area contributed by atoms with Crippen LogP contribution in [0.1, 0.15) is 28.7 Å². The zero-order valence-electron chi connectivity index (χ0n) is 14.9. The largest absolute Gasteiger partial charge is 0.438 e. The Bertz CT molecular complexity index is 908. The predicted molar refractivity (Wildman–Crippen MR) is 95.1 cm³/mol. The average Bonchev–Trinajstić information content (AvgIpc) is 2.96. The first kappa shape index (κ1) is 19.1. The summed E-state index contributed by atoms with van der Waals surface area (Å²) in [6, 6.07) is 13.7. The number of rotatable bonds is 3. The summed E-state index contributed by atoms with van der Waals surface area (Å²) < 4.78 is 40.9. The van der Waals surface area contributed by atoms with Crippen molar-refractivity contribution < 1.29 is 23.1 Å². The summed E-state index contributed by atoms with van der Waals surface area (Å²) in [6.07, 6.45) is -6.13. The number of benzene rings is 2. The molecule has 0 bridgehead atoms. The molecule has 0 saturated carbocycles. The van der Waals surface area contributed by atoms with Gasteiger partial charge in [-0.25, -0.2) is 0 Å². The molecule has 2 aromatic carbocycles. The minimum absolute atomic E-state index is 0.0334. The highest BCUT2D eigenvalue weighted by Gasteiger charge is 2.63. The second kappa shape index (κ2) is 6.81. The van der Waals surface area contributed by atoms with E-state index < -0.39 is 24.2 Å². The van der Waals surface area contributed by atoms with Crippen molar-refractivity contribution in [3.05, 3.63) is 70.8 Å². The van der Waals surface area contributed by atoms with Crippen LogP contribution in [-0.2, 0) is 11.2 Å². The number of nitrogens with zero attached hydrogens (tertiary/aromatic N) is 2. The second-order valence-electron chi connectivity index (χ2n) is 6.66. The van der Waals surface area contributed by atoms with E-state index in [0.29, 0.717) is 16.7 Å². The minimum Gasteiger partial charge on any atom is -0.362 e. The van der Waals surface area contributed by atoms with Crippen LogP contribution in [0.3, 0.4) is 0 Å². The van der Waals surface area contributed by atoms with Gasteiger partial charge in [0.2, 0.25) is 5.91 Å². The van der Waals surface area contributed by atoms with E-state index in [1.165, 1.54) is 0 Å². The van der Waals surface area contributed by atoms with E-state index in [-0.39, 0.29) is 17.1 Å². The Kier molecular flexibility index (Phi) is 4.82. The van der Waals surface area contributed by atoms with E-state index in [4.69, 9.17) is 0 Å².